The molecular formula is C15H16BrF2N3O2. The van der Waals surface area contributed by atoms with E-state index >= 15 is 0 Å². The van der Waals surface area contributed by atoms with E-state index in [2.05, 4.69) is 31.1 Å². The Morgan fingerprint density at radius 2 is 2.09 bits per heavy atom. The van der Waals surface area contributed by atoms with E-state index in [1.165, 1.54) is 10.7 Å². The first kappa shape index (κ1) is 17.4. The van der Waals surface area contributed by atoms with Crippen molar-refractivity contribution in [2.45, 2.75) is 33.4 Å². The predicted octanol–water partition coefficient (Wildman–Crippen LogP) is 4.06. The molecular weight excluding hydrogens is 372 g/mol. The zero-order valence-corrected chi connectivity index (χ0v) is 14.4. The van der Waals surface area contributed by atoms with Crippen molar-refractivity contribution in [1.82, 2.24) is 9.78 Å². The third-order valence-corrected chi connectivity index (χ3v) is 4.02. The second kappa shape index (κ2) is 7.08. The van der Waals surface area contributed by atoms with Gasteiger partial charge in [-0.1, -0.05) is 6.07 Å². The number of aryl methyl sites for hydroxylation is 2. The molecule has 1 unspecified atom stereocenters. The minimum absolute atomic E-state index is 0.0797. The zero-order valence-electron chi connectivity index (χ0n) is 12.8. The number of nitrogens with one attached hydrogen (secondary N) is 1. The van der Waals surface area contributed by atoms with Gasteiger partial charge in [0.25, 0.3) is 0 Å². The smallest absolute Gasteiger partial charge is 0.387 e. The summed E-state index contributed by atoms with van der Waals surface area (Å²) in [5.41, 5.74) is 1.76. The van der Waals surface area contributed by atoms with Crippen LogP contribution in [0, 0.1) is 13.8 Å². The van der Waals surface area contributed by atoms with Gasteiger partial charge in [0, 0.05) is 6.20 Å². The van der Waals surface area contributed by atoms with Crippen molar-refractivity contribution in [3.63, 3.8) is 0 Å². The summed E-state index contributed by atoms with van der Waals surface area (Å²) in [6.45, 7) is 2.30. The van der Waals surface area contributed by atoms with Gasteiger partial charge in [0.05, 0.1) is 15.9 Å². The molecule has 2 rings (SSSR count). The van der Waals surface area contributed by atoms with E-state index in [1.54, 1.807) is 39.1 Å². The van der Waals surface area contributed by atoms with Crippen LogP contribution >= 0.6 is 15.9 Å². The number of halogens is 3. The van der Waals surface area contributed by atoms with Gasteiger partial charge in [-0.2, -0.15) is 13.9 Å². The number of amides is 1. The van der Waals surface area contributed by atoms with Crippen molar-refractivity contribution in [2.24, 2.45) is 0 Å². The van der Waals surface area contributed by atoms with Gasteiger partial charge in [0.15, 0.2) is 0 Å². The van der Waals surface area contributed by atoms with Gasteiger partial charge in [-0.3, -0.25) is 9.48 Å². The highest BCUT2D eigenvalue weighted by Gasteiger charge is 2.19. The van der Waals surface area contributed by atoms with Gasteiger partial charge in [-0.05, 0) is 54.4 Å². The first-order valence-corrected chi connectivity index (χ1v) is 7.65. The highest BCUT2D eigenvalue weighted by molar-refractivity contribution is 9.10. The lowest BCUT2D eigenvalue weighted by Crippen LogP contribution is -2.24. The average Bonchev–Trinajstić information content (AvgIpc) is 2.80. The van der Waals surface area contributed by atoms with Gasteiger partial charge in [0.1, 0.15) is 11.8 Å². The molecule has 1 N–H and O–H groups in total. The van der Waals surface area contributed by atoms with Crippen molar-refractivity contribution in [1.29, 1.82) is 0 Å². The van der Waals surface area contributed by atoms with E-state index in [0.29, 0.717) is 0 Å². The molecule has 5 nitrogen and oxygen atoms in total. The van der Waals surface area contributed by atoms with Crippen LogP contribution in [-0.4, -0.2) is 22.3 Å². The molecule has 0 saturated heterocycles. The summed E-state index contributed by atoms with van der Waals surface area (Å²) in [5.74, 6) is -0.464. The van der Waals surface area contributed by atoms with Gasteiger partial charge in [-0.25, -0.2) is 0 Å². The molecule has 1 atom stereocenters. The van der Waals surface area contributed by atoms with E-state index < -0.39 is 12.7 Å². The summed E-state index contributed by atoms with van der Waals surface area (Å²) < 4.78 is 31.6. The lowest BCUT2D eigenvalue weighted by Gasteiger charge is -2.16. The number of rotatable bonds is 5. The fraction of sp³-hybridized carbons (Fsp3) is 0.333. The molecule has 0 bridgehead atoms. The van der Waals surface area contributed by atoms with Crippen molar-refractivity contribution in [3.8, 4) is 5.75 Å². The van der Waals surface area contributed by atoms with Crippen molar-refractivity contribution < 1.29 is 18.3 Å². The summed E-state index contributed by atoms with van der Waals surface area (Å²) in [5, 5.41) is 6.83. The Morgan fingerprint density at radius 1 is 1.39 bits per heavy atom. The predicted molar refractivity (Wildman–Crippen MR) is 85.8 cm³/mol. The van der Waals surface area contributed by atoms with Gasteiger partial charge < -0.3 is 10.1 Å². The molecule has 8 heteroatoms. The highest BCUT2D eigenvalue weighted by atomic mass is 79.9. The lowest BCUT2D eigenvalue weighted by molar-refractivity contribution is -0.119. The van der Waals surface area contributed by atoms with Crippen molar-refractivity contribution in [3.05, 3.63) is 40.1 Å². The molecule has 0 aliphatic rings. The molecule has 0 fully saturated rings. The number of aromatic nitrogens is 2. The Labute approximate surface area is 140 Å². The number of hydrogen-bond donors (Lipinski definition) is 1. The second-order valence-corrected chi connectivity index (χ2v) is 5.94. The molecule has 0 saturated carbocycles. The number of benzene rings is 1. The molecule has 23 heavy (non-hydrogen) atoms. The first-order valence-electron chi connectivity index (χ1n) is 6.85. The summed E-state index contributed by atoms with van der Waals surface area (Å²) >= 11 is 3.33. The largest absolute Gasteiger partial charge is 0.433 e. The van der Waals surface area contributed by atoms with E-state index in [0.717, 1.165) is 15.7 Å². The van der Waals surface area contributed by atoms with Gasteiger partial charge >= 0.3 is 6.61 Å². The molecule has 124 valence electrons. The minimum Gasteiger partial charge on any atom is -0.433 e. The molecule has 1 aromatic heterocycles. The molecule has 1 amide bonds. The fourth-order valence-corrected chi connectivity index (χ4v) is 2.24. The highest BCUT2D eigenvalue weighted by Crippen LogP contribution is 2.28. The van der Waals surface area contributed by atoms with Crippen LogP contribution in [0.15, 0.2) is 28.9 Å². The van der Waals surface area contributed by atoms with Crippen LogP contribution in [0.2, 0.25) is 0 Å². The normalized spacial score (nSPS) is 12.3. The average molecular weight is 388 g/mol. The third-order valence-electron chi connectivity index (χ3n) is 3.24. The van der Waals surface area contributed by atoms with E-state index in [1.807, 2.05) is 0 Å². The van der Waals surface area contributed by atoms with Crippen LogP contribution < -0.4 is 10.1 Å². The Hall–Kier alpha value is -1.96. The number of carbonyl (C=O) groups excluding carboxylic acids is 1. The SMILES string of the molecule is Cc1ccc(OC(F)F)c(NC(=O)C(C)n2cc(Br)c(C)n2)c1. The Kier molecular flexibility index (Phi) is 5.35. The Bertz CT molecular complexity index is 699. The molecule has 0 aliphatic carbocycles. The second-order valence-electron chi connectivity index (χ2n) is 5.09. The van der Waals surface area contributed by atoms with Crippen molar-refractivity contribution >= 4 is 27.5 Å². The molecule has 0 aliphatic heterocycles. The van der Waals surface area contributed by atoms with Crippen LogP contribution in [0.25, 0.3) is 0 Å². The zero-order chi connectivity index (χ0) is 17.1. The maximum Gasteiger partial charge on any atom is 0.387 e. The van der Waals surface area contributed by atoms with Crippen molar-refractivity contribution in [2.75, 3.05) is 5.32 Å². The monoisotopic (exact) mass is 387 g/mol. The maximum absolute atomic E-state index is 12.5. The van der Waals surface area contributed by atoms with Crippen LogP contribution in [0.3, 0.4) is 0 Å². The number of alkyl halides is 2. The quantitative estimate of drug-likeness (QED) is 0.841. The molecule has 0 spiro atoms. The number of hydrogen-bond acceptors (Lipinski definition) is 3. The molecule has 2 aromatic rings. The maximum atomic E-state index is 12.5. The number of anilines is 1. The van der Waals surface area contributed by atoms with Crippen LogP contribution in [0.1, 0.15) is 24.2 Å². The van der Waals surface area contributed by atoms with E-state index in [-0.39, 0.29) is 17.3 Å². The number of nitrogens with zero attached hydrogens (tertiary/aromatic N) is 2. The Balaban J connectivity index is 2.20. The van der Waals surface area contributed by atoms with E-state index in [9.17, 15) is 13.6 Å². The van der Waals surface area contributed by atoms with Gasteiger partial charge in [0.2, 0.25) is 5.91 Å². The first-order chi connectivity index (χ1) is 10.8. The summed E-state index contributed by atoms with van der Waals surface area (Å²) in [7, 11) is 0. The standard InChI is InChI=1S/C15H16BrF2N3O2/c1-8-4-5-13(23-15(17)18)12(6-8)19-14(22)10(3)21-7-11(16)9(2)20-21/h4-7,10,15H,1-3H3,(H,19,22). The van der Waals surface area contributed by atoms with Crippen LogP contribution in [-0.2, 0) is 4.79 Å². The summed E-state index contributed by atoms with van der Waals surface area (Å²) in [6.07, 6.45) is 1.69. The summed E-state index contributed by atoms with van der Waals surface area (Å²) in [4.78, 5) is 12.4. The third kappa shape index (κ3) is 4.28. The molecule has 1 aromatic carbocycles. The molecule has 1 heterocycles. The van der Waals surface area contributed by atoms with Crippen LogP contribution in [0.5, 0.6) is 5.75 Å². The number of carbonyl (C=O) groups is 1. The summed E-state index contributed by atoms with van der Waals surface area (Å²) in [6, 6.07) is 3.99. The number of ether oxygens (including phenoxy) is 1. The van der Waals surface area contributed by atoms with Crippen LogP contribution in [0.4, 0.5) is 14.5 Å². The fourth-order valence-electron chi connectivity index (χ4n) is 1.96. The minimum atomic E-state index is -2.96. The molecule has 0 radical (unpaired) electrons. The van der Waals surface area contributed by atoms with Gasteiger partial charge in [-0.15, -0.1) is 0 Å². The topological polar surface area (TPSA) is 56.1 Å². The van der Waals surface area contributed by atoms with E-state index in [4.69, 9.17) is 0 Å². The Morgan fingerprint density at radius 3 is 2.65 bits per heavy atom. The lowest BCUT2D eigenvalue weighted by atomic mass is 10.2.